The first-order valence-corrected chi connectivity index (χ1v) is 6.80. The van der Waals surface area contributed by atoms with Crippen LogP contribution in [-0.2, 0) is 17.6 Å². The van der Waals surface area contributed by atoms with Gasteiger partial charge in [-0.2, -0.15) is 0 Å². The molecule has 0 aromatic heterocycles. The number of ether oxygens (including phenoxy) is 1. The van der Waals surface area contributed by atoms with Gasteiger partial charge >= 0.3 is 0 Å². The topological polar surface area (TPSA) is 49.8 Å². The number of carbonyl (C=O) groups excluding carboxylic acids is 1. The highest BCUT2D eigenvalue weighted by Gasteiger charge is 2.13. The maximum Gasteiger partial charge on any atom is 0.222 e. The second kappa shape index (κ2) is 6.57. The molecule has 1 aromatic carbocycles. The first-order chi connectivity index (χ1) is 9.20. The van der Waals surface area contributed by atoms with Gasteiger partial charge in [0, 0.05) is 33.0 Å². The Kier molecular flexibility index (Phi) is 4.80. The van der Waals surface area contributed by atoms with Gasteiger partial charge in [0.25, 0.3) is 0 Å². The molecule has 0 fully saturated rings. The molecule has 4 nitrogen and oxygen atoms in total. The molecule has 0 bridgehead atoms. The predicted octanol–water partition coefficient (Wildman–Crippen LogP) is 1.39. The fraction of sp³-hybridized carbons (Fsp3) is 0.533. The van der Waals surface area contributed by atoms with E-state index in [1.54, 1.807) is 4.90 Å². The Morgan fingerprint density at radius 3 is 3.11 bits per heavy atom. The Morgan fingerprint density at radius 1 is 1.47 bits per heavy atom. The molecule has 4 heteroatoms. The van der Waals surface area contributed by atoms with Gasteiger partial charge in [-0.15, -0.1) is 0 Å². The maximum atomic E-state index is 11.7. The van der Waals surface area contributed by atoms with Crippen LogP contribution in [0.15, 0.2) is 18.2 Å². The summed E-state index contributed by atoms with van der Waals surface area (Å²) in [6.45, 7) is 1.56. The molecule has 0 spiro atoms. The van der Waals surface area contributed by atoms with Gasteiger partial charge in [-0.1, -0.05) is 12.1 Å². The molecule has 0 unspecified atom stereocenters. The number of likely N-dealkylation sites (N-methyl/N-ethyl adjacent to an activating group) is 1. The first kappa shape index (κ1) is 13.9. The molecule has 2 rings (SSSR count). The van der Waals surface area contributed by atoms with E-state index in [0.29, 0.717) is 19.4 Å². The summed E-state index contributed by atoms with van der Waals surface area (Å²) in [5, 5.41) is 8.71. The van der Waals surface area contributed by atoms with E-state index in [1.165, 1.54) is 11.1 Å². The standard InChI is InChI=1S/C15H21NO3/c1-16(15(18)3-2-9-17)8-6-12-4-5-14-13(11-12)7-10-19-14/h4-5,11,17H,2-3,6-10H2,1H3. The zero-order valence-electron chi connectivity index (χ0n) is 11.4. The quantitative estimate of drug-likeness (QED) is 0.844. The van der Waals surface area contributed by atoms with Crippen LogP contribution in [0.5, 0.6) is 5.75 Å². The molecule has 104 valence electrons. The molecule has 0 saturated carbocycles. The Bertz CT molecular complexity index is 445. The normalized spacial score (nSPS) is 12.9. The minimum absolute atomic E-state index is 0.0738. The smallest absolute Gasteiger partial charge is 0.222 e. The van der Waals surface area contributed by atoms with Gasteiger partial charge in [0.05, 0.1) is 6.61 Å². The van der Waals surface area contributed by atoms with Gasteiger partial charge in [-0.3, -0.25) is 4.79 Å². The van der Waals surface area contributed by atoms with Gasteiger partial charge in [0.2, 0.25) is 5.91 Å². The van der Waals surface area contributed by atoms with Gasteiger partial charge in [-0.25, -0.2) is 0 Å². The lowest BCUT2D eigenvalue weighted by Gasteiger charge is -2.17. The molecular formula is C15H21NO3. The van der Waals surface area contributed by atoms with Gasteiger partial charge in [0.15, 0.2) is 0 Å². The summed E-state index contributed by atoms with van der Waals surface area (Å²) in [4.78, 5) is 13.4. The molecule has 0 aliphatic carbocycles. The lowest BCUT2D eigenvalue weighted by molar-refractivity contribution is -0.130. The summed E-state index contributed by atoms with van der Waals surface area (Å²) < 4.78 is 5.47. The molecule has 1 aliphatic heterocycles. The van der Waals surface area contributed by atoms with Crippen molar-refractivity contribution in [3.63, 3.8) is 0 Å². The molecular weight excluding hydrogens is 242 g/mol. The van der Waals surface area contributed by atoms with Crippen molar-refractivity contribution < 1.29 is 14.6 Å². The van der Waals surface area contributed by atoms with Crippen LogP contribution < -0.4 is 4.74 Å². The van der Waals surface area contributed by atoms with Crippen molar-refractivity contribution in [3.05, 3.63) is 29.3 Å². The molecule has 0 atom stereocenters. The molecule has 0 radical (unpaired) electrons. The molecule has 1 aliphatic rings. The average molecular weight is 263 g/mol. The zero-order valence-corrected chi connectivity index (χ0v) is 11.4. The van der Waals surface area contributed by atoms with E-state index in [1.807, 2.05) is 13.1 Å². The highest BCUT2D eigenvalue weighted by molar-refractivity contribution is 5.75. The fourth-order valence-electron chi connectivity index (χ4n) is 2.24. The number of rotatable bonds is 6. The highest BCUT2D eigenvalue weighted by atomic mass is 16.5. The lowest BCUT2D eigenvalue weighted by Crippen LogP contribution is -2.28. The maximum absolute atomic E-state index is 11.7. The number of aliphatic hydroxyl groups excluding tert-OH is 1. The number of amides is 1. The van der Waals surface area contributed by atoms with E-state index in [2.05, 4.69) is 12.1 Å². The van der Waals surface area contributed by atoms with Crippen molar-refractivity contribution in [1.29, 1.82) is 0 Å². The summed E-state index contributed by atoms with van der Waals surface area (Å²) >= 11 is 0. The van der Waals surface area contributed by atoms with Crippen molar-refractivity contribution in [1.82, 2.24) is 4.90 Å². The summed E-state index contributed by atoms with van der Waals surface area (Å²) in [5.74, 6) is 1.09. The monoisotopic (exact) mass is 263 g/mol. The molecule has 19 heavy (non-hydrogen) atoms. The number of nitrogens with zero attached hydrogens (tertiary/aromatic N) is 1. The Labute approximate surface area is 114 Å². The van der Waals surface area contributed by atoms with Crippen LogP contribution in [0.2, 0.25) is 0 Å². The van der Waals surface area contributed by atoms with Crippen LogP contribution in [0, 0.1) is 0 Å². The summed E-state index contributed by atoms with van der Waals surface area (Å²) in [5.41, 5.74) is 2.51. The van der Waals surface area contributed by atoms with E-state index in [-0.39, 0.29) is 12.5 Å². The second-order valence-corrected chi connectivity index (χ2v) is 4.93. The summed E-state index contributed by atoms with van der Waals surface area (Å²) in [7, 11) is 1.82. The van der Waals surface area contributed by atoms with Crippen LogP contribution in [0.4, 0.5) is 0 Å². The van der Waals surface area contributed by atoms with Crippen molar-refractivity contribution in [2.45, 2.75) is 25.7 Å². The second-order valence-electron chi connectivity index (χ2n) is 4.93. The minimum atomic E-state index is 0.0738. The number of carbonyl (C=O) groups is 1. The van der Waals surface area contributed by atoms with E-state index < -0.39 is 0 Å². The summed E-state index contributed by atoms with van der Waals surface area (Å²) in [6, 6.07) is 6.26. The number of benzene rings is 1. The lowest BCUT2D eigenvalue weighted by atomic mass is 10.1. The number of fused-ring (bicyclic) bond motifs is 1. The molecule has 1 N–H and O–H groups in total. The van der Waals surface area contributed by atoms with Crippen LogP contribution >= 0.6 is 0 Å². The summed E-state index contributed by atoms with van der Waals surface area (Å²) in [6.07, 6.45) is 2.80. The van der Waals surface area contributed by atoms with Crippen molar-refractivity contribution in [3.8, 4) is 5.75 Å². The predicted molar refractivity (Wildman–Crippen MR) is 73.3 cm³/mol. The third-order valence-electron chi connectivity index (χ3n) is 3.46. The van der Waals surface area contributed by atoms with Gasteiger partial charge in [0.1, 0.15) is 5.75 Å². The average Bonchev–Trinajstić information content (AvgIpc) is 2.89. The van der Waals surface area contributed by atoms with E-state index >= 15 is 0 Å². The Hall–Kier alpha value is -1.55. The third-order valence-corrected chi connectivity index (χ3v) is 3.46. The van der Waals surface area contributed by atoms with E-state index in [0.717, 1.165) is 25.2 Å². The third kappa shape index (κ3) is 3.70. The van der Waals surface area contributed by atoms with Crippen LogP contribution in [0.3, 0.4) is 0 Å². The largest absolute Gasteiger partial charge is 0.493 e. The number of aliphatic hydroxyl groups is 1. The van der Waals surface area contributed by atoms with Crippen LogP contribution in [0.1, 0.15) is 24.0 Å². The number of hydrogen-bond acceptors (Lipinski definition) is 3. The molecule has 1 aromatic rings. The highest BCUT2D eigenvalue weighted by Crippen LogP contribution is 2.25. The van der Waals surface area contributed by atoms with E-state index in [4.69, 9.17) is 9.84 Å². The first-order valence-electron chi connectivity index (χ1n) is 6.80. The minimum Gasteiger partial charge on any atom is -0.493 e. The molecule has 0 saturated heterocycles. The van der Waals surface area contributed by atoms with Crippen molar-refractivity contribution >= 4 is 5.91 Å². The molecule has 1 amide bonds. The van der Waals surface area contributed by atoms with Crippen LogP contribution in [-0.4, -0.2) is 42.7 Å². The van der Waals surface area contributed by atoms with Gasteiger partial charge in [-0.05, 0) is 30.0 Å². The SMILES string of the molecule is CN(CCc1ccc2c(c1)CCO2)C(=O)CCCO. The Morgan fingerprint density at radius 2 is 2.32 bits per heavy atom. The van der Waals surface area contributed by atoms with E-state index in [9.17, 15) is 4.79 Å². The fourth-order valence-corrected chi connectivity index (χ4v) is 2.24. The van der Waals surface area contributed by atoms with Crippen LogP contribution in [0.25, 0.3) is 0 Å². The van der Waals surface area contributed by atoms with Gasteiger partial charge < -0.3 is 14.7 Å². The van der Waals surface area contributed by atoms with Crippen molar-refractivity contribution in [2.24, 2.45) is 0 Å². The van der Waals surface area contributed by atoms with Crippen molar-refractivity contribution in [2.75, 3.05) is 26.8 Å². The molecule has 1 heterocycles. The number of hydrogen-bond donors (Lipinski definition) is 1. The Balaban J connectivity index is 1.83. The zero-order chi connectivity index (χ0) is 13.7.